The van der Waals surface area contributed by atoms with Crippen molar-refractivity contribution in [3.63, 3.8) is 0 Å². The first-order valence-electron chi connectivity index (χ1n) is 15.9. The smallest absolute Gasteiger partial charge is 0.265 e. The Morgan fingerprint density at radius 2 is 1.87 bits per heavy atom. The molecular weight excluding hydrogens is 598 g/mol. The van der Waals surface area contributed by atoms with E-state index in [4.69, 9.17) is 16.6 Å². The highest BCUT2D eigenvalue weighted by molar-refractivity contribution is 6.33. The summed E-state index contributed by atoms with van der Waals surface area (Å²) in [4.78, 5) is 38.4. The number of nitrogens with zero attached hydrogens (tertiary/aromatic N) is 5. The van der Waals surface area contributed by atoms with Gasteiger partial charge in [-0.15, -0.1) is 0 Å². The van der Waals surface area contributed by atoms with Crippen molar-refractivity contribution >= 4 is 40.2 Å². The average molecular weight is 640 g/mol. The number of allylic oxidation sites excluding steroid dienone is 1. The lowest BCUT2D eigenvalue weighted by molar-refractivity contribution is -0.112. The fourth-order valence-corrected chi connectivity index (χ4v) is 5.50. The first kappa shape index (κ1) is 34.4. The van der Waals surface area contributed by atoms with Gasteiger partial charge in [-0.2, -0.15) is 10.2 Å². The van der Waals surface area contributed by atoms with Crippen LogP contribution in [0, 0.1) is 17.2 Å². The van der Waals surface area contributed by atoms with Crippen molar-refractivity contribution in [3.05, 3.63) is 93.4 Å². The molecule has 0 bridgehead atoms. The van der Waals surface area contributed by atoms with Gasteiger partial charge in [0.15, 0.2) is 0 Å². The number of aryl methyl sites for hydroxylation is 2. The van der Waals surface area contributed by atoms with Gasteiger partial charge in [0.25, 0.3) is 11.5 Å². The van der Waals surface area contributed by atoms with Crippen molar-refractivity contribution in [2.45, 2.75) is 53.5 Å². The van der Waals surface area contributed by atoms with Crippen LogP contribution in [0.5, 0.6) is 0 Å². The van der Waals surface area contributed by atoms with E-state index in [1.165, 1.54) is 0 Å². The maximum absolute atomic E-state index is 14.0. The third-order valence-corrected chi connectivity index (χ3v) is 8.07. The van der Waals surface area contributed by atoms with Crippen molar-refractivity contribution in [1.82, 2.24) is 19.4 Å². The second-order valence-corrected chi connectivity index (χ2v) is 11.9. The van der Waals surface area contributed by atoms with Crippen LogP contribution in [0.25, 0.3) is 22.2 Å². The van der Waals surface area contributed by atoms with Gasteiger partial charge in [0.05, 0.1) is 0 Å². The normalized spacial score (nSPS) is 11.7. The van der Waals surface area contributed by atoms with E-state index in [1.807, 2.05) is 56.3 Å². The number of amides is 1. The van der Waals surface area contributed by atoms with Crippen molar-refractivity contribution in [2.24, 2.45) is 5.92 Å². The first-order valence-corrected chi connectivity index (χ1v) is 16.3. The molecule has 2 aromatic heterocycles. The van der Waals surface area contributed by atoms with Gasteiger partial charge in [-0.25, -0.2) is 4.98 Å². The maximum atomic E-state index is 14.0. The van der Waals surface area contributed by atoms with E-state index in [9.17, 15) is 14.9 Å². The summed E-state index contributed by atoms with van der Waals surface area (Å²) in [7, 11) is 0. The van der Waals surface area contributed by atoms with E-state index in [2.05, 4.69) is 34.4 Å². The maximum Gasteiger partial charge on any atom is 0.265 e. The van der Waals surface area contributed by atoms with Gasteiger partial charge in [0.1, 0.15) is 17.3 Å². The number of fused-ring (bicyclic) bond motifs is 1. The van der Waals surface area contributed by atoms with E-state index in [-0.39, 0.29) is 17.1 Å². The molecule has 2 aromatic carbocycles. The largest absolute Gasteiger partial charge is 0.354 e. The topological polar surface area (TPSA) is 116 Å². The van der Waals surface area contributed by atoms with Crippen LogP contribution in [0.4, 0.5) is 11.6 Å². The van der Waals surface area contributed by atoms with E-state index in [0.717, 1.165) is 50.0 Å². The molecular formula is C36H42ClN7O2. The van der Waals surface area contributed by atoms with Crippen LogP contribution in [0.2, 0.25) is 5.02 Å². The molecule has 4 rings (SSSR count). The predicted octanol–water partition coefficient (Wildman–Crippen LogP) is 6.93. The number of benzene rings is 2. The Balaban J connectivity index is 1.60. The molecule has 10 heteroatoms. The Morgan fingerprint density at radius 1 is 1.09 bits per heavy atom. The minimum Gasteiger partial charge on any atom is -0.354 e. The van der Waals surface area contributed by atoms with Gasteiger partial charge in [-0.1, -0.05) is 75.7 Å². The van der Waals surface area contributed by atoms with Gasteiger partial charge in [-0.3, -0.25) is 14.2 Å². The monoisotopic (exact) mass is 639 g/mol. The number of hydrogen-bond acceptors (Lipinski definition) is 7. The minimum absolute atomic E-state index is 0.0680. The summed E-state index contributed by atoms with van der Waals surface area (Å²) in [6, 6.07) is 18.5. The van der Waals surface area contributed by atoms with Crippen LogP contribution in [-0.4, -0.2) is 51.5 Å². The molecule has 0 saturated carbocycles. The molecule has 0 fully saturated rings. The summed E-state index contributed by atoms with van der Waals surface area (Å²) in [6.07, 6.45) is 5.92. The van der Waals surface area contributed by atoms with Crippen LogP contribution < -0.4 is 16.2 Å². The number of aromatic nitrogens is 3. The van der Waals surface area contributed by atoms with Crippen LogP contribution >= 0.6 is 11.6 Å². The Labute approximate surface area is 275 Å². The van der Waals surface area contributed by atoms with E-state index in [1.54, 1.807) is 35.0 Å². The highest BCUT2D eigenvalue weighted by Crippen LogP contribution is 2.27. The predicted molar refractivity (Wildman–Crippen MR) is 187 cm³/mol. The highest BCUT2D eigenvalue weighted by Gasteiger charge is 2.16. The van der Waals surface area contributed by atoms with Crippen molar-refractivity contribution in [2.75, 3.05) is 36.8 Å². The summed E-state index contributed by atoms with van der Waals surface area (Å²) in [5.41, 5.74) is 3.00. The molecule has 0 aliphatic carbocycles. The van der Waals surface area contributed by atoms with Crippen LogP contribution in [0.1, 0.15) is 46.1 Å². The van der Waals surface area contributed by atoms with Gasteiger partial charge < -0.3 is 15.5 Å². The number of rotatable bonds is 15. The molecule has 1 amide bonds. The molecule has 240 valence electrons. The van der Waals surface area contributed by atoms with Crippen LogP contribution in [0.15, 0.2) is 77.2 Å². The second-order valence-electron chi connectivity index (χ2n) is 11.5. The van der Waals surface area contributed by atoms with Crippen molar-refractivity contribution in [3.8, 4) is 17.2 Å². The number of pyridine rings is 1. The second kappa shape index (κ2) is 16.7. The fourth-order valence-electron chi connectivity index (χ4n) is 5.27. The molecule has 0 aliphatic heterocycles. The van der Waals surface area contributed by atoms with E-state index in [0.29, 0.717) is 46.4 Å². The van der Waals surface area contributed by atoms with Crippen LogP contribution in [0.3, 0.4) is 0 Å². The Bertz CT molecular complexity index is 1790. The first-order chi connectivity index (χ1) is 22.2. The third-order valence-electron chi connectivity index (χ3n) is 7.74. The van der Waals surface area contributed by atoms with E-state index >= 15 is 0 Å². The number of hydrogen-bond donors (Lipinski definition) is 2. The summed E-state index contributed by atoms with van der Waals surface area (Å²) in [5.74, 6) is 0.0905. The average Bonchev–Trinajstić information content (AvgIpc) is 3.05. The molecule has 2 heterocycles. The lowest BCUT2D eigenvalue weighted by Crippen LogP contribution is -2.25. The number of halogens is 1. The zero-order chi connectivity index (χ0) is 33.1. The molecule has 0 saturated heterocycles. The summed E-state index contributed by atoms with van der Waals surface area (Å²) in [6.45, 7) is 12.4. The number of carbonyl (C=O) groups is 1. The number of unbranched alkanes of at least 4 members (excludes halogenated alkanes) is 1. The number of nitrogens with one attached hydrogen (secondary N) is 2. The Kier molecular flexibility index (Phi) is 12.5. The molecule has 2 N–H and O–H groups in total. The molecule has 9 nitrogen and oxygen atoms in total. The molecule has 0 spiro atoms. The lowest BCUT2D eigenvalue weighted by atomic mass is 10.1. The zero-order valence-electron chi connectivity index (χ0n) is 27.0. The number of nitriles is 1. The standard InChI is InChI=1S/C36H42ClN7O2/c1-5-43(6-2)18-10-9-17-39-36-40-24-28-22-31(30-14-7-8-15-32(30)37)35(46)44(33(28)42-36)19-16-26-12-11-13-29(21-26)41-34(45)27(23-38)20-25(3)4/h7-8,11-15,20-22,24-25H,5-6,9-10,16-19H2,1-4H3,(H,41,45)(H,39,40,42). The lowest BCUT2D eigenvalue weighted by Gasteiger charge is -2.17. The van der Waals surface area contributed by atoms with E-state index < -0.39 is 5.91 Å². The minimum atomic E-state index is -0.451. The molecule has 46 heavy (non-hydrogen) atoms. The number of carbonyl (C=O) groups excluding carboxylic acids is 1. The Hall–Kier alpha value is -4.52. The molecule has 0 atom stereocenters. The quantitative estimate of drug-likeness (QED) is 0.0823. The van der Waals surface area contributed by atoms with Gasteiger partial charge in [0, 0.05) is 46.5 Å². The van der Waals surface area contributed by atoms with Gasteiger partial charge >= 0.3 is 0 Å². The van der Waals surface area contributed by atoms with Crippen LogP contribution in [-0.2, 0) is 17.8 Å². The SMILES string of the molecule is CCN(CC)CCCCNc1ncc2cc(-c3ccccc3Cl)c(=O)n(CCc3cccc(NC(=O)C(C#N)=CC(C)C)c3)c2n1. The summed E-state index contributed by atoms with van der Waals surface area (Å²) in [5, 5.41) is 16.8. The molecule has 4 aromatic rings. The van der Waals surface area contributed by atoms with Gasteiger partial charge in [0.2, 0.25) is 5.95 Å². The summed E-state index contributed by atoms with van der Waals surface area (Å²) < 4.78 is 1.67. The Morgan fingerprint density at radius 3 is 2.59 bits per heavy atom. The van der Waals surface area contributed by atoms with Gasteiger partial charge in [-0.05, 0) is 74.6 Å². The fraction of sp³-hybridized carbons (Fsp3) is 0.361. The summed E-state index contributed by atoms with van der Waals surface area (Å²) >= 11 is 6.52. The zero-order valence-corrected chi connectivity index (χ0v) is 27.8. The molecule has 0 unspecified atom stereocenters. The highest BCUT2D eigenvalue weighted by atomic mass is 35.5. The molecule has 0 radical (unpaired) electrons. The third kappa shape index (κ3) is 9.03. The van der Waals surface area contributed by atoms with Crippen molar-refractivity contribution in [1.29, 1.82) is 5.26 Å². The molecule has 0 aliphatic rings. The van der Waals surface area contributed by atoms with Crippen molar-refractivity contribution < 1.29 is 4.79 Å². The number of anilines is 2.